The van der Waals surface area contributed by atoms with E-state index in [4.69, 9.17) is 5.73 Å². The highest BCUT2D eigenvalue weighted by molar-refractivity contribution is 5.62. The van der Waals surface area contributed by atoms with Gasteiger partial charge in [0, 0.05) is 24.3 Å². The van der Waals surface area contributed by atoms with Crippen LogP contribution in [0.4, 0.5) is 0 Å². The zero-order valence-electron chi connectivity index (χ0n) is 17.3. The van der Waals surface area contributed by atoms with E-state index in [-0.39, 0.29) is 12.1 Å². The molecule has 2 aliphatic heterocycles. The van der Waals surface area contributed by atoms with Crippen LogP contribution in [0.15, 0.2) is 48.2 Å². The Morgan fingerprint density at radius 2 is 1.76 bits per heavy atom. The Morgan fingerprint density at radius 1 is 1.00 bits per heavy atom. The molecule has 1 aliphatic carbocycles. The number of fused-ring (bicyclic) bond motifs is 3. The van der Waals surface area contributed by atoms with E-state index < -0.39 is 0 Å². The molecule has 6 heteroatoms. The summed E-state index contributed by atoms with van der Waals surface area (Å²) in [6, 6.07) is 12.0. The van der Waals surface area contributed by atoms with E-state index >= 15 is 0 Å². The van der Waals surface area contributed by atoms with Gasteiger partial charge < -0.3 is 20.5 Å². The number of rotatable bonds is 4. The summed E-state index contributed by atoms with van der Waals surface area (Å²) >= 11 is 0. The van der Waals surface area contributed by atoms with Gasteiger partial charge in [-0.3, -0.25) is 0 Å². The van der Waals surface area contributed by atoms with E-state index in [2.05, 4.69) is 81.3 Å². The van der Waals surface area contributed by atoms with Gasteiger partial charge in [0.1, 0.15) is 5.82 Å². The molecule has 5 rings (SSSR count). The summed E-state index contributed by atoms with van der Waals surface area (Å²) in [6.45, 7) is 5.17. The normalized spacial score (nSPS) is 28.4. The SMILES string of the molecule is CC1=CC2C(C=C(NC3CCC(N)CC3)c3nnc(C)n32)N1Cc1ccccc1. The predicted octanol–water partition coefficient (Wildman–Crippen LogP) is 3.13. The molecule has 152 valence electrons. The van der Waals surface area contributed by atoms with Crippen molar-refractivity contribution in [3.05, 3.63) is 65.4 Å². The lowest BCUT2D eigenvalue weighted by molar-refractivity contribution is 0.266. The molecule has 1 fully saturated rings. The highest BCUT2D eigenvalue weighted by Gasteiger charge is 2.39. The van der Waals surface area contributed by atoms with Crippen molar-refractivity contribution < 1.29 is 0 Å². The van der Waals surface area contributed by atoms with Gasteiger partial charge in [-0.2, -0.15) is 0 Å². The lowest BCUT2D eigenvalue weighted by Gasteiger charge is -2.36. The van der Waals surface area contributed by atoms with Gasteiger partial charge in [0.2, 0.25) is 0 Å². The van der Waals surface area contributed by atoms with E-state index in [9.17, 15) is 0 Å². The minimum atomic E-state index is 0.244. The quantitative estimate of drug-likeness (QED) is 0.839. The third-order valence-corrected chi connectivity index (χ3v) is 6.64. The maximum absolute atomic E-state index is 6.10. The molecule has 0 saturated heterocycles. The topological polar surface area (TPSA) is 72.0 Å². The molecule has 0 spiro atoms. The summed E-state index contributed by atoms with van der Waals surface area (Å²) in [5.41, 5.74) is 9.86. The lowest BCUT2D eigenvalue weighted by Crippen LogP contribution is -2.41. The molecule has 29 heavy (non-hydrogen) atoms. The molecule has 2 aromatic rings. The molecule has 0 amide bonds. The molecule has 1 aromatic heterocycles. The van der Waals surface area contributed by atoms with Gasteiger partial charge in [-0.05, 0) is 57.2 Å². The fraction of sp³-hybridized carbons (Fsp3) is 0.478. The molecule has 2 atom stereocenters. The third-order valence-electron chi connectivity index (χ3n) is 6.64. The van der Waals surface area contributed by atoms with Gasteiger partial charge in [0.05, 0.1) is 17.8 Å². The van der Waals surface area contributed by atoms with Crippen LogP contribution in [-0.4, -0.2) is 37.8 Å². The first kappa shape index (κ1) is 18.4. The van der Waals surface area contributed by atoms with Crippen LogP contribution in [0, 0.1) is 6.92 Å². The summed E-state index contributed by atoms with van der Waals surface area (Å²) in [7, 11) is 0. The van der Waals surface area contributed by atoms with Crippen LogP contribution in [-0.2, 0) is 6.54 Å². The molecule has 6 nitrogen and oxygen atoms in total. The van der Waals surface area contributed by atoms with Crippen LogP contribution >= 0.6 is 0 Å². The maximum atomic E-state index is 6.10. The van der Waals surface area contributed by atoms with Crippen LogP contribution in [0.2, 0.25) is 0 Å². The Labute approximate surface area is 172 Å². The fourth-order valence-corrected chi connectivity index (χ4v) is 5.04. The average molecular weight is 391 g/mol. The van der Waals surface area contributed by atoms with Gasteiger partial charge in [-0.25, -0.2) is 0 Å². The molecular formula is C23H30N6. The predicted molar refractivity (Wildman–Crippen MR) is 115 cm³/mol. The van der Waals surface area contributed by atoms with Crippen molar-refractivity contribution in [2.75, 3.05) is 0 Å². The van der Waals surface area contributed by atoms with Crippen LogP contribution in [0.5, 0.6) is 0 Å². The molecule has 0 radical (unpaired) electrons. The molecule has 3 heterocycles. The molecule has 2 unspecified atom stereocenters. The Balaban J connectivity index is 1.45. The van der Waals surface area contributed by atoms with Crippen molar-refractivity contribution in [2.45, 2.75) is 70.2 Å². The second kappa shape index (κ2) is 7.34. The molecule has 0 bridgehead atoms. The summed E-state index contributed by atoms with van der Waals surface area (Å²) in [5.74, 6) is 1.93. The number of nitrogens with one attached hydrogen (secondary N) is 1. The first-order valence-electron chi connectivity index (χ1n) is 10.7. The monoisotopic (exact) mass is 390 g/mol. The number of allylic oxidation sites excluding steroid dienone is 1. The Bertz CT molecular complexity index is 936. The number of hydrogen-bond acceptors (Lipinski definition) is 5. The van der Waals surface area contributed by atoms with E-state index in [0.717, 1.165) is 49.6 Å². The van der Waals surface area contributed by atoms with Crippen LogP contribution in [0.1, 0.15) is 55.9 Å². The van der Waals surface area contributed by atoms with Crippen molar-refractivity contribution >= 4 is 5.70 Å². The smallest absolute Gasteiger partial charge is 0.180 e. The van der Waals surface area contributed by atoms with Crippen molar-refractivity contribution in [3.8, 4) is 0 Å². The van der Waals surface area contributed by atoms with Crippen molar-refractivity contribution in [3.63, 3.8) is 0 Å². The highest BCUT2D eigenvalue weighted by Crippen LogP contribution is 2.39. The summed E-state index contributed by atoms with van der Waals surface area (Å²) in [6.07, 6.45) is 9.14. The number of aryl methyl sites for hydroxylation is 1. The van der Waals surface area contributed by atoms with E-state index in [1.807, 2.05) is 0 Å². The molecule has 3 N–H and O–H groups in total. The number of hydrogen-bond donors (Lipinski definition) is 2. The minimum absolute atomic E-state index is 0.244. The van der Waals surface area contributed by atoms with Gasteiger partial charge in [0.25, 0.3) is 0 Å². The summed E-state index contributed by atoms with van der Waals surface area (Å²) in [5, 5.41) is 12.7. The fourth-order valence-electron chi connectivity index (χ4n) is 5.04. The minimum Gasteiger partial charge on any atom is -0.379 e. The first-order valence-corrected chi connectivity index (χ1v) is 10.7. The van der Waals surface area contributed by atoms with E-state index in [1.54, 1.807) is 0 Å². The molecule has 3 aliphatic rings. The van der Waals surface area contributed by atoms with Gasteiger partial charge in [0.15, 0.2) is 5.82 Å². The highest BCUT2D eigenvalue weighted by atomic mass is 15.3. The third kappa shape index (κ3) is 3.35. The van der Waals surface area contributed by atoms with E-state index in [0.29, 0.717) is 12.1 Å². The summed E-state index contributed by atoms with van der Waals surface area (Å²) in [4.78, 5) is 2.50. The second-order valence-corrected chi connectivity index (χ2v) is 8.68. The molecule has 1 aromatic carbocycles. The first-order chi connectivity index (χ1) is 14.1. The van der Waals surface area contributed by atoms with Crippen LogP contribution in [0.3, 0.4) is 0 Å². The largest absolute Gasteiger partial charge is 0.379 e. The maximum Gasteiger partial charge on any atom is 0.180 e. The molecule has 1 saturated carbocycles. The van der Waals surface area contributed by atoms with E-state index in [1.165, 1.54) is 11.3 Å². The van der Waals surface area contributed by atoms with Crippen LogP contribution < -0.4 is 11.1 Å². The Kier molecular flexibility index (Phi) is 4.66. The number of nitrogens with zero attached hydrogens (tertiary/aromatic N) is 4. The van der Waals surface area contributed by atoms with Gasteiger partial charge >= 0.3 is 0 Å². The zero-order valence-corrected chi connectivity index (χ0v) is 17.3. The lowest BCUT2D eigenvalue weighted by atomic mass is 9.91. The Hall–Kier alpha value is -2.60. The number of nitrogens with two attached hydrogens (primary N) is 1. The van der Waals surface area contributed by atoms with Crippen molar-refractivity contribution in [1.82, 2.24) is 25.0 Å². The van der Waals surface area contributed by atoms with Crippen LogP contribution in [0.25, 0.3) is 5.70 Å². The standard InChI is InChI=1S/C23H30N6/c1-15-12-22-21(28(15)14-17-6-4-3-5-7-17)13-20(23-27-26-16(2)29(22)23)25-19-10-8-18(24)9-11-19/h3-7,12-13,18-19,21-22,25H,8-11,14,24H2,1-2H3. The van der Waals surface area contributed by atoms with Gasteiger partial charge in [-0.1, -0.05) is 30.3 Å². The summed E-state index contributed by atoms with van der Waals surface area (Å²) < 4.78 is 2.30. The Morgan fingerprint density at radius 3 is 2.52 bits per heavy atom. The van der Waals surface area contributed by atoms with Crippen molar-refractivity contribution in [2.24, 2.45) is 5.73 Å². The number of benzene rings is 1. The second-order valence-electron chi connectivity index (χ2n) is 8.68. The molecular weight excluding hydrogens is 360 g/mol. The van der Waals surface area contributed by atoms with Gasteiger partial charge in [-0.15, -0.1) is 10.2 Å². The zero-order chi connectivity index (χ0) is 20.0. The van der Waals surface area contributed by atoms with Crippen molar-refractivity contribution in [1.29, 1.82) is 0 Å². The average Bonchev–Trinajstić information content (AvgIpc) is 3.25. The number of aromatic nitrogens is 3.